The minimum absolute atomic E-state index is 0.00224. The van der Waals surface area contributed by atoms with Crippen molar-refractivity contribution >= 4 is 11.9 Å². The maximum atomic E-state index is 12.0. The molecule has 1 aromatic rings. The van der Waals surface area contributed by atoms with Crippen LogP contribution in [-0.2, 0) is 16.2 Å². The van der Waals surface area contributed by atoms with E-state index >= 15 is 0 Å². The zero-order valence-corrected chi connectivity index (χ0v) is 15.1. The number of carbonyl (C=O) groups excluding carboxylic acids is 2. The summed E-state index contributed by atoms with van der Waals surface area (Å²) in [6, 6.07) is 1.06. The Morgan fingerprint density at radius 1 is 1.15 bits per heavy atom. The first-order valence-electron chi connectivity index (χ1n) is 8.18. The number of aliphatic hydroxyl groups excluding tert-OH is 4. The molecule has 27 heavy (non-hydrogen) atoms. The molecule has 2 aliphatic heterocycles. The topological polar surface area (TPSA) is 166 Å². The Morgan fingerprint density at radius 2 is 1.70 bits per heavy atom. The normalized spacial score (nSPS) is 21.6. The summed E-state index contributed by atoms with van der Waals surface area (Å²) in [4.78, 5) is 23.9. The number of carbonyl (C=O) groups is 2. The molecule has 10 nitrogen and oxygen atoms in total. The molecule has 0 saturated heterocycles. The van der Waals surface area contributed by atoms with Gasteiger partial charge in [0.2, 0.25) is 0 Å². The molecule has 0 radical (unpaired) electrons. The van der Waals surface area contributed by atoms with Crippen molar-refractivity contribution in [3.63, 3.8) is 0 Å². The second-order valence-corrected chi connectivity index (χ2v) is 7.16. The van der Waals surface area contributed by atoms with Gasteiger partial charge in [-0.3, -0.25) is 0 Å². The van der Waals surface area contributed by atoms with Gasteiger partial charge in [0.1, 0.15) is 5.75 Å². The summed E-state index contributed by atoms with van der Waals surface area (Å²) in [6.45, 7) is 4.77. The van der Waals surface area contributed by atoms with Crippen molar-refractivity contribution in [1.29, 1.82) is 0 Å². The van der Waals surface area contributed by atoms with Crippen molar-refractivity contribution in [2.24, 2.45) is 0 Å². The molecular weight excluding hydrogens is 362 g/mol. The fraction of sp³-hybridized carbons (Fsp3) is 0.529. The number of hydrogen-bond acceptors (Lipinski definition) is 10. The number of fused-ring (bicyclic) bond motifs is 7. The molecule has 150 valence electrons. The number of benzene rings is 1. The first kappa shape index (κ1) is 21.1. The number of aliphatic hydroxyl groups is 4. The number of β-amino-alcohol motifs (C(OH)–C–C–N with tert-alkyl or cyclic N) is 1. The molecule has 1 aromatic carbocycles. The summed E-state index contributed by atoms with van der Waals surface area (Å²) in [5.74, 6) is -4.39. The average Bonchev–Trinajstić information content (AvgIpc) is 2.59. The van der Waals surface area contributed by atoms with Gasteiger partial charge in [-0.2, -0.15) is 0 Å². The van der Waals surface area contributed by atoms with Gasteiger partial charge in [-0.05, 0) is 26.8 Å². The summed E-state index contributed by atoms with van der Waals surface area (Å²) in [5, 5.41) is 52.7. The summed E-state index contributed by atoms with van der Waals surface area (Å²) < 4.78 is 9.83. The molecule has 3 rings (SSSR count). The SMILES string of the molecule is CC(C)(C)NCC(O)c1cc2c(O)c(CO)c1OC(=O)C(O)C(O)C(=O)O2. The van der Waals surface area contributed by atoms with Crippen LogP contribution in [0, 0.1) is 0 Å². The third kappa shape index (κ3) is 4.54. The minimum Gasteiger partial charge on any atom is -0.504 e. The first-order chi connectivity index (χ1) is 12.5. The number of aromatic hydroxyl groups is 1. The van der Waals surface area contributed by atoms with Crippen LogP contribution in [0.15, 0.2) is 6.07 Å². The van der Waals surface area contributed by atoms with Crippen molar-refractivity contribution in [3.05, 3.63) is 17.2 Å². The molecule has 2 aliphatic rings. The van der Waals surface area contributed by atoms with E-state index in [2.05, 4.69) is 5.32 Å². The van der Waals surface area contributed by atoms with E-state index in [9.17, 15) is 35.1 Å². The third-order valence-corrected chi connectivity index (χ3v) is 3.88. The minimum atomic E-state index is -2.25. The largest absolute Gasteiger partial charge is 0.504 e. The molecule has 0 amide bonds. The molecule has 3 atom stereocenters. The lowest BCUT2D eigenvalue weighted by Crippen LogP contribution is -2.44. The first-order valence-corrected chi connectivity index (χ1v) is 8.18. The van der Waals surface area contributed by atoms with Crippen LogP contribution in [0.2, 0.25) is 0 Å². The molecule has 10 heteroatoms. The van der Waals surface area contributed by atoms with E-state index in [0.29, 0.717) is 0 Å². The molecule has 6 N–H and O–H groups in total. The molecular formula is C17H23NO9. The van der Waals surface area contributed by atoms with E-state index in [-0.39, 0.29) is 23.2 Å². The van der Waals surface area contributed by atoms with E-state index in [1.807, 2.05) is 20.8 Å². The standard InChI is InChI=1S/C17H23NO9/c1-17(2,3)18-5-9(20)7-4-10-11(21)8(6-19)14(7)27-16(25)13(23)12(22)15(24)26-10/h4,9,12-13,18-23H,5-6H2,1-3H3. The van der Waals surface area contributed by atoms with Crippen LogP contribution in [0.4, 0.5) is 0 Å². The van der Waals surface area contributed by atoms with Crippen LogP contribution < -0.4 is 14.8 Å². The Bertz CT molecular complexity index is 741. The van der Waals surface area contributed by atoms with Gasteiger partial charge in [0, 0.05) is 17.6 Å². The molecule has 2 bridgehead atoms. The molecule has 0 spiro atoms. The van der Waals surface area contributed by atoms with Gasteiger partial charge in [-0.15, -0.1) is 0 Å². The van der Waals surface area contributed by atoms with Crippen LogP contribution in [-0.4, -0.2) is 61.8 Å². The van der Waals surface area contributed by atoms with Crippen LogP contribution in [0.1, 0.15) is 38.0 Å². The Kier molecular flexibility index (Phi) is 6.07. The van der Waals surface area contributed by atoms with E-state index in [1.165, 1.54) is 0 Å². The fourth-order valence-electron chi connectivity index (χ4n) is 2.40. The maximum Gasteiger partial charge on any atom is 0.343 e. The third-order valence-electron chi connectivity index (χ3n) is 3.88. The Balaban J connectivity index is 2.59. The zero-order chi connectivity index (χ0) is 20.5. The van der Waals surface area contributed by atoms with Gasteiger partial charge < -0.3 is 40.3 Å². The monoisotopic (exact) mass is 385 g/mol. The molecule has 0 saturated carbocycles. The Morgan fingerprint density at radius 3 is 2.22 bits per heavy atom. The quantitative estimate of drug-likeness (QED) is 0.275. The van der Waals surface area contributed by atoms with E-state index < -0.39 is 54.1 Å². The summed E-state index contributed by atoms with van der Waals surface area (Å²) in [7, 11) is 0. The lowest BCUT2D eigenvalue weighted by molar-refractivity contribution is -0.162. The summed E-state index contributed by atoms with van der Waals surface area (Å²) >= 11 is 0. The highest BCUT2D eigenvalue weighted by molar-refractivity contribution is 5.89. The van der Waals surface area contributed by atoms with Crippen molar-refractivity contribution in [2.75, 3.05) is 6.54 Å². The lowest BCUT2D eigenvalue weighted by atomic mass is 10.0. The number of ether oxygens (including phenoxy) is 2. The molecule has 0 aromatic heterocycles. The van der Waals surface area contributed by atoms with Gasteiger partial charge in [0.15, 0.2) is 23.7 Å². The number of rotatable bonds is 4. The number of esters is 2. The van der Waals surface area contributed by atoms with E-state index in [0.717, 1.165) is 6.07 Å². The highest BCUT2D eigenvalue weighted by atomic mass is 16.6. The van der Waals surface area contributed by atoms with E-state index in [1.54, 1.807) is 0 Å². The van der Waals surface area contributed by atoms with Crippen LogP contribution >= 0.6 is 0 Å². The molecule has 0 fully saturated rings. The number of nitrogens with one attached hydrogen (secondary N) is 1. The fourth-order valence-corrected chi connectivity index (χ4v) is 2.40. The number of hydrogen-bond donors (Lipinski definition) is 6. The Hall–Kier alpha value is -2.24. The highest BCUT2D eigenvalue weighted by Gasteiger charge is 2.38. The van der Waals surface area contributed by atoms with Crippen LogP contribution in [0.25, 0.3) is 0 Å². The van der Waals surface area contributed by atoms with Gasteiger partial charge >= 0.3 is 11.9 Å². The second-order valence-electron chi connectivity index (χ2n) is 7.16. The predicted octanol–water partition coefficient (Wildman–Crippen LogP) is -1.15. The lowest BCUT2D eigenvalue weighted by Gasteiger charge is -2.26. The highest BCUT2D eigenvalue weighted by Crippen LogP contribution is 2.43. The van der Waals surface area contributed by atoms with Gasteiger partial charge in [-0.25, -0.2) is 9.59 Å². The summed E-state index contributed by atoms with van der Waals surface area (Å²) in [5.41, 5.74) is -0.731. The van der Waals surface area contributed by atoms with Gasteiger partial charge in [0.25, 0.3) is 0 Å². The molecule has 3 unspecified atom stereocenters. The molecule has 2 heterocycles. The smallest absolute Gasteiger partial charge is 0.343 e. The van der Waals surface area contributed by atoms with Crippen molar-refractivity contribution < 1.29 is 44.6 Å². The zero-order valence-electron chi connectivity index (χ0n) is 15.1. The van der Waals surface area contributed by atoms with Crippen LogP contribution in [0.5, 0.6) is 17.2 Å². The van der Waals surface area contributed by atoms with Crippen molar-refractivity contribution in [2.45, 2.75) is 51.2 Å². The van der Waals surface area contributed by atoms with E-state index in [4.69, 9.17) is 9.47 Å². The predicted molar refractivity (Wildman–Crippen MR) is 90.0 cm³/mol. The van der Waals surface area contributed by atoms with Crippen LogP contribution in [0.3, 0.4) is 0 Å². The Labute approximate surface area is 155 Å². The average molecular weight is 385 g/mol. The van der Waals surface area contributed by atoms with Crippen molar-refractivity contribution in [3.8, 4) is 17.2 Å². The summed E-state index contributed by atoms with van der Waals surface area (Å²) in [6.07, 6.45) is -5.77. The second kappa shape index (κ2) is 7.79. The van der Waals surface area contributed by atoms with Gasteiger partial charge in [0.05, 0.1) is 18.3 Å². The molecule has 0 aliphatic carbocycles. The maximum absolute atomic E-state index is 12.0. The van der Waals surface area contributed by atoms with Gasteiger partial charge in [-0.1, -0.05) is 0 Å². The number of phenols is 1. The van der Waals surface area contributed by atoms with Crippen molar-refractivity contribution in [1.82, 2.24) is 5.32 Å².